The molecule has 8 nitrogen and oxygen atoms in total. The molecule has 3 amide bonds. The van der Waals surface area contributed by atoms with Crippen molar-refractivity contribution in [1.29, 1.82) is 0 Å². The molecule has 1 atom stereocenters. The van der Waals surface area contributed by atoms with E-state index in [4.69, 9.17) is 10.5 Å². The smallest absolute Gasteiger partial charge is 0.243 e. The zero-order valence-corrected chi connectivity index (χ0v) is 17.8. The van der Waals surface area contributed by atoms with Crippen LogP contribution >= 0.6 is 11.3 Å². The monoisotopic (exact) mass is 430 g/mol. The molecule has 1 aromatic heterocycles. The quantitative estimate of drug-likeness (QED) is 0.685. The number of amides is 3. The third-order valence-electron chi connectivity index (χ3n) is 5.23. The number of primary amides is 1. The minimum atomic E-state index is -1.32. The van der Waals surface area contributed by atoms with E-state index in [1.54, 1.807) is 22.7 Å². The van der Waals surface area contributed by atoms with Crippen LogP contribution in [-0.4, -0.2) is 59.4 Å². The molecule has 0 bridgehead atoms. The molecule has 1 saturated heterocycles. The molecule has 2 N–H and O–H groups in total. The Morgan fingerprint density at radius 2 is 1.90 bits per heavy atom. The average Bonchev–Trinajstić information content (AvgIpc) is 3.27. The van der Waals surface area contributed by atoms with E-state index in [2.05, 4.69) is 4.98 Å². The second-order valence-electron chi connectivity index (χ2n) is 7.37. The first-order valence-corrected chi connectivity index (χ1v) is 10.8. The van der Waals surface area contributed by atoms with Gasteiger partial charge in [-0.1, -0.05) is 30.3 Å². The first kappa shape index (κ1) is 21.9. The minimum Gasteiger partial charge on any atom is -0.378 e. The molecular formula is C21H26N4O4S. The van der Waals surface area contributed by atoms with Crippen molar-refractivity contribution in [1.82, 2.24) is 9.88 Å². The molecule has 2 aromatic rings. The predicted molar refractivity (Wildman–Crippen MR) is 114 cm³/mol. The molecule has 30 heavy (non-hydrogen) atoms. The number of hydrogen-bond donors (Lipinski definition) is 1. The second-order valence-corrected chi connectivity index (χ2v) is 8.09. The van der Waals surface area contributed by atoms with Gasteiger partial charge in [-0.15, -0.1) is 11.3 Å². The summed E-state index contributed by atoms with van der Waals surface area (Å²) < 4.78 is 5.26. The Balaban J connectivity index is 1.81. The van der Waals surface area contributed by atoms with Gasteiger partial charge < -0.3 is 15.4 Å². The zero-order valence-electron chi connectivity index (χ0n) is 17.0. The Morgan fingerprint density at radius 1 is 1.20 bits per heavy atom. The summed E-state index contributed by atoms with van der Waals surface area (Å²) in [7, 11) is 0. The summed E-state index contributed by atoms with van der Waals surface area (Å²) in [6.45, 7) is 3.69. The number of rotatable bonds is 8. The summed E-state index contributed by atoms with van der Waals surface area (Å²) in [6.07, 6.45) is 0.259. The van der Waals surface area contributed by atoms with E-state index in [1.165, 1.54) is 16.2 Å². The van der Waals surface area contributed by atoms with Gasteiger partial charge in [0.05, 0.1) is 18.7 Å². The molecule has 1 fully saturated rings. The number of ether oxygens (including phenoxy) is 1. The fraction of sp³-hybridized carbons (Fsp3) is 0.429. The summed E-state index contributed by atoms with van der Waals surface area (Å²) in [4.78, 5) is 45.6. The fourth-order valence-electron chi connectivity index (χ4n) is 3.54. The van der Waals surface area contributed by atoms with Crippen LogP contribution in [0.2, 0.25) is 0 Å². The van der Waals surface area contributed by atoms with Gasteiger partial charge in [0.15, 0.2) is 0 Å². The van der Waals surface area contributed by atoms with Gasteiger partial charge in [0.1, 0.15) is 11.4 Å². The largest absolute Gasteiger partial charge is 0.378 e. The molecule has 1 aliphatic heterocycles. The molecule has 2 heterocycles. The third-order valence-corrected chi connectivity index (χ3v) is 5.80. The van der Waals surface area contributed by atoms with E-state index >= 15 is 0 Å². The normalized spacial score (nSPS) is 16.0. The van der Waals surface area contributed by atoms with Crippen molar-refractivity contribution in [2.24, 2.45) is 5.73 Å². The molecule has 0 unspecified atom stereocenters. The summed E-state index contributed by atoms with van der Waals surface area (Å²) in [5.74, 6) is -0.735. The minimum absolute atomic E-state index is 0.0363. The van der Waals surface area contributed by atoms with Gasteiger partial charge in [0.2, 0.25) is 17.7 Å². The Labute approximate surface area is 179 Å². The van der Waals surface area contributed by atoms with Crippen LogP contribution < -0.4 is 10.6 Å². The maximum atomic E-state index is 13.3. The Kier molecular flexibility index (Phi) is 7.17. The van der Waals surface area contributed by atoms with Gasteiger partial charge in [-0.25, -0.2) is 4.98 Å². The first-order chi connectivity index (χ1) is 14.4. The Morgan fingerprint density at radius 3 is 2.50 bits per heavy atom. The zero-order chi connectivity index (χ0) is 21.6. The lowest BCUT2D eigenvalue weighted by Gasteiger charge is -2.38. The van der Waals surface area contributed by atoms with Gasteiger partial charge in [-0.05, 0) is 12.5 Å². The van der Waals surface area contributed by atoms with Crippen LogP contribution in [0.25, 0.3) is 0 Å². The van der Waals surface area contributed by atoms with E-state index in [0.29, 0.717) is 32.1 Å². The topological polar surface area (TPSA) is 106 Å². The third kappa shape index (κ3) is 5.03. The molecule has 0 spiro atoms. The van der Waals surface area contributed by atoms with Crippen LogP contribution in [0.4, 0.5) is 5.82 Å². The van der Waals surface area contributed by atoms with Crippen LogP contribution in [0.3, 0.4) is 0 Å². The first-order valence-electron chi connectivity index (χ1n) is 9.82. The number of aromatic nitrogens is 1. The van der Waals surface area contributed by atoms with E-state index < -0.39 is 11.4 Å². The Hall–Kier alpha value is -2.78. The SMILES string of the molecule is C[C@@](Cc1ccccc1)(C(N)=O)N(C(=O)CCC(=O)N1CCOCC1)c1cscn1. The number of benzene rings is 1. The van der Waals surface area contributed by atoms with Crippen molar-refractivity contribution in [3.8, 4) is 0 Å². The summed E-state index contributed by atoms with van der Waals surface area (Å²) in [5, 5.41) is 1.70. The highest BCUT2D eigenvalue weighted by Gasteiger charge is 2.42. The molecule has 0 aliphatic carbocycles. The lowest BCUT2D eigenvalue weighted by Crippen LogP contribution is -2.60. The number of nitrogens with zero attached hydrogens (tertiary/aromatic N) is 3. The number of nitrogens with two attached hydrogens (primary N) is 1. The number of morpholine rings is 1. The van der Waals surface area contributed by atoms with Gasteiger partial charge in [0.25, 0.3) is 0 Å². The van der Waals surface area contributed by atoms with Crippen molar-refractivity contribution in [2.45, 2.75) is 31.7 Å². The highest BCUT2D eigenvalue weighted by Crippen LogP contribution is 2.29. The highest BCUT2D eigenvalue weighted by atomic mass is 32.1. The highest BCUT2D eigenvalue weighted by molar-refractivity contribution is 7.07. The van der Waals surface area contributed by atoms with Gasteiger partial charge in [-0.3, -0.25) is 19.3 Å². The molecule has 3 rings (SSSR count). The lowest BCUT2D eigenvalue weighted by molar-refractivity contribution is -0.137. The number of thiazole rings is 1. The standard InChI is InChI=1S/C21H26N4O4S/c1-21(20(22)28,13-16-5-3-2-4-6-16)25(17-14-30-15-23-17)19(27)8-7-18(26)24-9-11-29-12-10-24/h2-6,14-15H,7-13H2,1H3,(H2,22,28)/t21-/m1/s1. The second kappa shape index (κ2) is 9.82. The fourth-order valence-corrected chi connectivity index (χ4v) is 4.06. The van der Waals surface area contributed by atoms with Crippen molar-refractivity contribution < 1.29 is 19.1 Å². The Bertz CT molecular complexity index is 868. The van der Waals surface area contributed by atoms with Crippen molar-refractivity contribution in [3.63, 3.8) is 0 Å². The number of carbonyl (C=O) groups is 3. The van der Waals surface area contributed by atoms with Crippen LogP contribution in [0.5, 0.6) is 0 Å². The predicted octanol–water partition coefficient (Wildman–Crippen LogP) is 1.60. The lowest BCUT2D eigenvalue weighted by atomic mass is 9.89. The molecule has 0 radical (unpaired) electrons. The molecule has 0 saturated carbocycles. The van der Waals surface area contributed by atoms with Crippen LogP contribution in [0.15, 0.2) is 41.2 Å². The van der Waals surface area contributed by atoms with E-state index in [1.807, 2.05) is 30.3 Å². The van der Waals surface area contributed by atoms with E-state index in [0.717, 1.165) is 5.56 Å². The number of carbonyl (C=O) groups excluding carboxylic acids is 3. The average molecular weight is 431 g/mol. The van der Waals surface area contributed by atoms with Gasteiger partial charge in [-0.2, -0.15) is 0 Å². The van der Waals surface area contributed by atoms with Crippen LogP contribution in [0.1, 0.15) is 25.3 Å². The van der Waals surface area contributed by atoms with Gasteiger partial charge in [0, 0.05) is 37.7 Å². The van der Waals surface area contributed by atoms with E-state index in [9.17, 15) is 14.4 Å². The van der Waals surface area contributed by atoms with Gasteiger partial charge >= 0.3 is 0 Å². The molecule has 160 valence electrons. The maximum Gasteiger partial charge on any atom is 0.243 e. The number of hydrogen-bond acceptors (Lipinski definition) is 6. The van der Waals surface area contributed by atoms with Crippen molar-refractivity contribution in [3.05, 3.63) is 46.8 Å². The molecule has 1 aromatic carbocycles. The molecule has 9 heteroatoms. The number of anilines is 1. The van der Waals surface area contributed by atoms with Crippen molar-refractivity contribution >= 4 is 34.9 Å². The maximum absolute atomic E-state index is 13.3. The van der Waals surface area contributed by atoms with Crippen molar-refractivity contribution in [2.75, 3.05) is 31.2 Å². The summed E-state index contributed by atoms with van der Waals surface area (Å²) >= 11 is 1.32. The molecular weight excluding hydrogens is 404 g/mol. The molecule has 1 aliphatic rings. The summed E-state index contributed by atoms with van der Waals surface area (Å²) in [5.41, 5.74) is 6.93. The van der Waals surface area contributed by atoms with E-state index in [-0.39, 0.29) is 31.1 Å². The van der Waals surface area contributed by atoms with Crippen LogP contribution in [0, 0.1) is 0 Å². The van der Waals surface area contributed by atoms with Crippen LogP contribution in [-0.2, 0) is 25.5 Å². The summed E-state index contributed by atoms with van der Waals surface area (Å²) in [6, 6.07) is 9.38.